The molecule has 2 aromatic heterocycles. The topological polar surface area (TPSA) is 92.6 Å². The first-order valence-electron chi connectivity index (χ1n) is 9.19. The van der Waals surface area contributed by atoms with Gasteiger partial charge in [0, 0.05) is 43.2 Å². The summed E-state index contributed by atoms with van der Waals surface area (Å²) in [7, 11) is 3.70. The van der Waals surface area contributed by atoms with Crippen molar-refractivity contribution >= 4 is 17.8 Å². The van der Waals surface area contributed by atoms with Crippen LogP contribution in [0, 0.1) is 5.82 Å². The molecule has 0 saturated carbocycles. The molecule has 0 unspecified atom stereocenters. The SMILES string of the molecule is CCOc1ccc(-c2cncc(C(=O)N/N=C/c3cc(N(C)C)ccc3F)n2)cn1. The van der Waals surface area contributed by atoms with Gasteiger partial charge in [-0.15, -0.1) is 0 Å². The molecule has 0 radical (unpaired) electrons. The highest BCUT2D eigenvalue weighted by Gasteiger charge is 2.10. The van der Waals surface area contributed by atoms with Crippen molar-refractivity contribution in [3.63, 3.8) is 0 Å². The summed E-state index contributed by atoms with van der Waals surface area (Å²) >= 11 is 0. The van der Waals surface area contributed by atoms with E-state index in [1.165, 1.54) is 24.7 Å². The molecule has 154 valence electrons. The summed E-state index contributed by atoms with van der Waals surface area (Å²) in [4.78, 5) is 26.7. The predicted molar refractivity (Wildman–Crippen MR) is 112 cm³/mol. The summed E-state index contributed by atoms with van der Waals surface area (Å²) in [6.07, 6.45) is 5.69. The molecule has 0 saturated heterocycles. The Morgan fingerprint density at radius 1 is 1.23 bits per heavy atom. The molecule has 0 bridgehead atoms. The maximum Gasteiger partial charge on any atom is 0.291 e. The molecule has 30 heavy (non-hydrogen) atoms. The van der Waals surface area contributed by atoms with Gasteiger partial charge in [-0.2, -0.15) is 5.10 Å². The second-order valence-electron chi connectivity index (χ2n) is 6.41. The van der Waals surface area contributed by atoms with Gasteiger partial charge >= 0.3 is 0 Å². The van der Waals surface area contributed by atoms with Gasteiger partial charge < -0.3 is 9.64 Å². The summed E-state index contributed by atoms with van der Waals surface area (Å²) in [5.74, 6) is -0.505. The van der Waals surface area contributed by atoms with Crippen LogP contribution in [0.4, 0.5) is 10.1 Å². The average Bonchev–Trinajstić information content (AvgIpc) is 2.75. The number of carbonyl (C=O) groups is 1. The monoisotopic (exact) mass is 408 g/mol. The Hall–Kier alpha value is -3.88. The molecule has 0 aliphatic rings. The van der Waals surface area contributed by atoms with E-state index in [1.807, 2.05) is 25.9 Å². The Labute approximate surface area is 173 Å². The van der Waals surface area contributed by atoms with Crippen LogP contribution in [0.2, 0.25) is 0 Å². The highest BCUT2D eigenvalue weighted by molar-refractivity contribution is 5.93. The lowest BCUT2D eigenvalue weighted by atomic mass is 10.2. The van der Waals surface area contributed by atoms with E-state index in [2.05, 4.69) is 25.5 Å². The second kappa shape index (κ2) is 9.55. The highest BCUT2D eigenvalue weighted by atomic mass is 19.1. The lowest BCUT2D eigenvalue weighted by Crippen LogP contribution is -2.19. The zero-order chi connectivity index (χ0) is 21.5. The van der Waals surface area contributed by atoms with Gasteiger partial charge in [-0.3, -0.25) is 9.78 Å². The maximum atomic E-state index is 13.9. The third kappa shape index (κ3) is 5.13. The van der Waals surface area contributed by atoms with E-state index in [-0.39, 0.29) is 11.3 Å². The van der Waals surface area contributed by atoms with Crippen molar-refractivity contribution in [3.8, 4) is 17.1 Å². The van der Waals surface area contributed by atoms with Gasteiger partial charge in [0.25, 0.3) is 5.91 Å². The molecule has 1 N–H and O–H groups in total. The number of carbonyl (C=O) groups excluding carboxylic acids is 1. The molecule has 1 aromatic carbocycles. The van der Waals surface area contributed by atoms with Crippen molar-refractivity contribution in [1.82, 2.24) is 20.4 Å². The standard InChI is InChI=1S/C21H21FN6O2/c1-4-30-20-8-5-14(10-24-20)18-12-23-13-19(26-18)21(29)27-25-11-15-9-16(28(2)3)6-7-17(15)22/h5-13H,4H2,1-3H3,(H,27,29)/b25-11+. The van der Waals surface area contributed by atoms with E-state index >= 15 is 0 Å². The van der Waals surface area contributed by atoms with Crippen molar-refractivity contribution in [2.45, 2.75) is 6.92 Å². The van der Waals surface area contributed by atoms with Crippen LogP contribution in [0.1, 0.15) is 23.0 Å². The molecule has 1 amide bonds. The second-order valence-corrected chi connectivity index (χ2v) is 6.41. The summed E-state index contributed by atoms with van der Waals surface area (Å²) in [6.45, 7) is 2.39. The van der Waals surface area contributed by atoms with Crippen LogP contribution in [0.3, 0.4) is 0 Å². The summed E-state index contributed by atoms with van der Waals surface area (Å²) in [5, 5.41) is 3.83. The molecule has 0 aliphatic carbocycles. The maximum absolute atomic E-state index is 13.9. The van der Waals surface area contributed by atoms with Gasteiger partial charge in [0.05, 0.1) is 30.9 Å². The van der Waals surface area contributed by atoms with Crippen molar-refractivity contribution in [3.05, 3.63) is 66.0 Å². The van der Waals surface area contributed by atoms with Crippen molar-refractivity contribution in [2.75, 3.05) is 25.6 Å². The quantitative estimate of drug-likeness (QED) is 0.477. The largest absolute Gasteiger partial charge is 0.478 e. The Balaban J connectivity index is 1.71. The molecule has 8 nitrogen and oxygen atoms in total. The van der Waals surface area contributed by atoms with Crippen LogP contribution in [-0.4, -0.2) is 47.8 Å². The number of anilines is 1. The van der Waals surface area contributed by atoms with Crippen LogP contribution >= 0.6 is 0 Å². The minimum absolute atomic E-state index is 0.0704. The molecule has 0 spiro atoms. The minimum Gasteiger partial charge on any atom is -0.478 e. The number of rotatable bonds is 7. The first-order valence-corrected chi connectivity index (χ1v) is 9.19. The number of aromatic nitrogens is 3. The van der Waals surface area contributed by atoms with Crippen molar-refractivity contribution in [2.24, 2.45) is 5.10 Å². The molecule has 0 fully saturated rings. The molecule has 3 rings (SSSR count). The number of hydrazone groups is 1. The summed E-state index contributed by atoms with van der Waals surface area (Å²) < 4.78 is 19.2. The van der Waals surface area contributed by atoms with E-state index in [0.29, 0.717) is 23.7 Å². The van der Waals surface area contributed by atoms with Crippen molar-refractivity contribution in [1.29, 1.82) is 0 Å². The summed E-state index contributed by atoms with van der Waals surface area (Å²) in [6, 6.07) is 8.13. The van der Waals surface area contributed by atoms with Crippen LogP contribution in [0.5, 0.6) is 5.88 Å². The third-order valence-electron chi connectivity index (χ3n) is 4.06. The molecule has 2 heterocycles. The van der Waals surface area contributed by atoms with E-state index in [9.17, 15) is 9.18 Å². The first-order chi connectivity index (χ1) is 14.5. The van der Waals surface area contributed by atoms with Crippen LogP contribution < -0.4 is 15.1 Å². The zero-order valence-electron chi connectivity index (χ0n) is 16.8. The molecule has 0 atom stereocenters. The van der Waals surface area contributed by atoms with E-state index in [0.717, 1.165) is 5.69 Å². The van der Waals surface area contributed by atoms with E-state index in [4.69, 9.17) is 4.74 Å². The normalized spacial score (nSPS) is 10.8. The van der Waals surface area contributed by atoms with Gasteiger partial charge in [-0.1, -0.05) is 0 Å². The minimum atomic E-state index is -0.566. The van der Waals surface area contributed by atoms with Crippen LogP contribution in [0.15, 0.2) is 54.0 Å². The number of nitrogens with one attached hydrogen (secondary N) is 1. The number of hydrogen-bond donors (Lipinski definition) is 1. The molecule has 9 heteroatoms. The number of ether oxygens (including phenoxy) is 1. The van der Waals surface area contributed by atoms with E-state index in [1.54, 1.807) is 30.5 Å². The molecular weight excluding hydrogens is 387 g/mol. The number of pyridine rings is 1. The first kappa shape index (κ1) is 20.8. The number of halogens is 1. The van der Waals surface area contributed by atoms with Gasteiger partial charge in [-0.25, -0.2) is 19.8 Å². The lowest BCUT2D eigenvalue weighted by molar-refractivity contribution is 0.0950. The fourth-order valence-electron chi connectivity index (χ4n) is 2.51. The average molecular weight is 408 g/mol. The predicted octanol–water partition coefficient (Wildman–Crippen LogP) is 2.91. The summed E-state index contributed by atoms with van der Waals surface area (Å²) in [5.41, 5.74) is 4.64. The highest BCUT2D eigenvalue weighted by Crippen LogP contribution is 2.18. The van der Waals surface area contributed by atoms with Crippen LogP contribution in [0.25, 0.3) is 11.3 Å². The molecule has 3 aromatic rings. The fraction of sp³-hybridized carbons (Fsp3) is 0.190. The Morgan fingerprint density at radius 3 is 2.77 bits per heavy atom. The third-order valence-corrected chi connectivity index (χ3v) is 4.06. The number of nitrogens with zero attached hydrogens (tertiary/aromatic N) is 5. The van der Waals surface area contributed by atoms with Gasteiger partial charge in [0.1, 0.15) is 11.5 Å². The molecular formula is C21H21FN6O2. The Kier molecular flexibility index (Phi) is 6.63. The van der Waals surface area contributed by atoms with Crippen molar-refractivity contribution < 1.29 is 13.9 Å². The fourth-order valence-corrected chi connectivity index (χ4v) is 2.51. The molecule has 0 aliphatic heterocycles. The Morgan fingerprint density at radius 2 is 2.07 bits per heavy atom. The smallest absolute Gasteiger partial charge is 0.291 e. The van der Waals surface area contributed by atoms with E-state index < -0.39 is 11.7 Å². The number of hydrogen-bond acceptors (Lipinski definition) is 7. The lowest BCUT2D eigenvalue weighted by Gasteiger charge is -2.12. The van der Waals surface area contributed by atoms with Gasteiger partial charge in [0.15, 0.2) is 0 Å². The van der Waals surface area contributed by atoms with Gasteiger partial charge in [0.2, 0.25) is 5.88 Å². The Bertz CT molecular complexity index is 1050. The number of benzene rings is 1. The van der Waals surface area contributed by atoms with Gasteiger partial charge in [-0.05, 0) is 31.2 Å². The zero-order valence-corrected chi connectivity index (χ0v) is 16.8. The van der Waals surface area contributed by atoms with Crippen LogP contribution in [-0.2, 0) is 0 Å². The number of amides is 1.